The molecule has 1 fully saturated rings. The van der Waals surface area contributed by atoms with Crippen LogP contribution >= 0.6 is 0 Å². The number of nitrogens with zero attached hydrogens (tertiary/aromatic N) is 1. The van der Waals surface area contributed by atoms with Crippen molar-refractivity contribution in [1.82, 2.24) is 9.80 Å². The minimum atomic E-state index is -0.791. The van der Waals surface area contributed by atoms with E-state index in [4.69, 9.17) is 0 Å². The molecule has 0 radical (unpaired) electrons. The van der Waals surface area contributed by atoms with Crippen molar-refractivity contribution in [3.8, 4) is 0 Å². The number of nitrogens with one attached hydrogen (secondary N) is 3. The lowest BCUT2D eigenvalue weighted by molar-refractivity contribution is -0.145. The van der Waals surface area contributed by atoms with Gasteiger partial charge in [-0.2, -0.15) is 0 Å². The molecule has 8 heteroatoms. The fraction of sp³-hybridized carbons (Fsp3) is 0.423. The zero-order valence-electron chi connectivity index (χ0n) is 20.1. The number of carboxylic acid groups (broad SMARTS) is 1. The standard InChI is InChI=1S/C26H34N4O4/c1-18-6-4-5-7-24(18)29-26(34)28-21-8-10-22(11-9-21)30(3,19(2)31)17-14-23(25(32)33)20-12-15-27-16-13-20/h4-11,20,23,27H,12-17H2,1-3H3,(H2-,28,29,32,33,34)/p+1. The number of carbonyl (C=O) groups excluding carboxylic acids is 2. The van der Waals surface area contributed by atoms with Gasteiger partial charge in [-0.3, -0.25) is 4.79 Å². The van der Waals surface area contributed by atoms with Crippen LogP contribution in [-0.4, -0.2) is 49.7 Å². The fourth-order valence-electron chi connectivity index (χ4n) is 4.54. The quantitative estimate of drug-likeness (QED) is 0.435. The average molecular weight is 468 g/mol. The van der Waals surface area contributed by atoms with Gasteiger partial charge in [0.15, 0.2) is 0 Å². The molecule has 3 rings (SSSR count). The molecule has 0 spiro atoms. The van der Waals surface area contributed by atoms with Gasteiger partial charge < -0.3 is 21.1 Å². The summed E-state index contributed by atoms with van der Waals surface area (Å²) in [6, 6.07) is 14.3. The van der Waals surface area contributed by atoms with Gasteiger partial charge in [-0.25, -0.2) is 14.1 Å². The summed E-state index contributed by atoms with van der Waals surface area (Å²) in [7, 11) is 1.82. The zero-order chi connectivity index (χ0) is 24.7. The monoisotopic (exact) mass is 467 g/mol. The lowest BCUT2D eigenvalue weighted by atomic mass is 9.82. The topological polar surface area (TPSA) is 108 Å². The van der Waals surface area contributed by atoms with E-state index < -0.39 is 11.9 Å². The van der Waals surface area contributed by atoms with Crippen molar-refractivity contribution in [2.75, 3.05) is 37.3 Å². The van der Waals surface area contributed by atoms with E-state index in [9.17, 15) is 19.5 Å². The summed E-state index contributed by atoms with van der Waals surface area (Å²) >= 11 is 0. The number of urea groups is 1. The van der Waals surface area contributed by atoms with Crippen molar-refractivity contribution in [3.63, 3.8) is 0 Å². The van der Waals surface area contributed by atoms with Crippen LogP contribution in [0.4, 0.5) is 21.9 Å². The van der Waals surface area contributed by atoms with Crippen molar-refractivity contribution in [1.29, 1.82) is 0 Å². The number of piperidine rings is 1. The van der Waals surface area contributed by atoms with Crippen LogP contribution in [-0.2, 0) is 9.59 Å². The lowest BCUT2D eigenvalue weighted by Crippen LogP contribution is -2.51. The number of benzene rings is 2. The summed E-state index contributed by atoms with van der Waals surface area (Å²) in [4.78, 5) is 37.0. The minimum Gasteiger partial charge on any atom is -0.481 e. The highest BCUT2D eigenvalue weighted by Crippen LogP contribution is 2.30. The number of aryl methyl sites for hydroxylation is 1. The van der Waals surface area contributed by atoms with E-state index in [1.807, 2.05) is 50.4 Å². The molecule has 1 saturated heterocycles. The molecule has 8 nitrogen and oxygen atoms in total. The second-order valence-electron chi connectivity index (χ2n) is 9.20. The predicted molar refractivity (Wildman–Crippen MR) is 135 cm³/mol. The van der Waals surface area contributed by atoms with Gasteiger partial charge in [0.05, 0.1) is 26.4 Å². The molecule has 0 aromatic heterocycles. The number of amides is 3. The van der Waals surface area contributed by atoms with E-state index in [1.54, 1.807) is 12.1 Å². The molecule has 182 valence electrons. The van der Waals surface area contributed by atoms with Crippen LogP contribution < -0.4 is 20.4 Å². The summed E-state index contributed by atoms with van der Waals surface area (Å²) in [6.45, 7) is 5.52. The van der Waals surface area contributed by atoms with Gasteiger partial charge >= 0.3 is 17.9 Å². The van der Waals surface area contributed by atoms with Crippen molar-refractivity contribution < 1.29 is 19.5 Å². The van der Waals surface area contributed by atoms with Crippen LogP contribution in [0, 0.1) is 18.8 Å². The Hall–Kier alpha value is -3.23. The smallest absolute Gasteiger partial charge is 0.323 e. The maximum absolute atomic E-state index is 12.7. The van der Waals surface area contributed by atoms with E-state index >= 15 is 0 Å². The summed E-state index contributed by atoms with van der Waals surface area (Å²) in [5.74, 6) is -1.20. The largest absolute Gasteiger partial charge is 0.481 e. The van der Waals surface area contributed by atoms with Crippen LogP contribution in [0.15, 0.2) is 48.5 Å². The van der Waals surface area contributed by atoms with Gasteiger partial charge in [-0.15, -0.1) is 0 Å². The maximum atomic E-state index is 12.7. The number of carbonyl (C=O) groups is 3. The third-order valence-corrected chi connectivity index (χ3v) is 6.94. The number of hydrogen-bond acceptors (Lipinski definition) is 4. The summed E-state index contributed by atoms with van der Waals surface area (Å²) in [5.41, 5.74) is 3.06. The second kappa shape index (κ2) is 11.3. The first kappa shape index (κ1) is 25.4. The summed E-state index contributed by atoms with van der Waals surface area (Å²) < 4.78 is 0.00440. The predicted octanol–water partition coefficient (Wildman–Crippen LogP) is 4.21. The average Bonchev–Trinajstić information content (AvgIpc) is 2.81. The Morgan fingerprint density at radius 2 is 1.71 bits per heavy atom. The molecular weight excluding hydrogens is 432 g/mol. The summed E-state index contributed by atoms with van der Waals surface area (Å²) in [5, 5.41) is 18.7. The Bertz CT molecular complexity index is 1020. The van der Waals surface area contributed by atoms with Crippen LogP contribution in [0.3, 0.4) is 0 Å². The number of rotatable bonds is 8. The van der Waals surface area contributed by atoms with Crippen LogP contribution in [0.25, 0.3) is 0 Å². The van der Waals surface area contributed by atoms with E-state index in [2.05, 4.69) is 16.0 Å². The number of aliphatic carboxylic acids is 1. The van der Waals surface area contributed by atoms with E-state index in [0.717, 1.165) is 42.9 Å². The zero-order valence-corrected chi connectivity index (χ0v) is 20.1. The van der Waals surface area contributed by atoms with Gasteiger partial charge in [0, 0.05) is 29.9 Å². The highest BCUT2D eigenvalue weighted by atomic mass is 16.4. The number of quaternary nitrogens is 1. The van der Waals surface area contributed by atoms with E-state index in [-0.39, 0.29) is 22.3 Å². The molecule has 1 aliphatic heterocycles. The molecular formula is C26H35N4O4+. The van der Waals surface area contributed by atoms with Crippen molar-refractivity contribution in [3.05, 3.63) is 54.1 Å². The van der Waals surface area contributed by atoms with E-state index in [1.165, 1.54) is 6.92 Å². The molecule has 2 atom stereocenters. The van der Waals surface area contributed by atoms with Crippen molar-refractivity contribution >= 4 is 35.0 Å². The highest BCUT2D eigenvalue weighted by Gasteiger charge is 2.36. The maximum Gasteiger partial charge on any atom is 0.323 e. The molecule has 0 bridgehead atoms. The van der Waals surface area contributed by atoms with Gasteiger partial charge in [0.1, 0.15) is 5.69 Å². The SMILES string of the molecule is CC(=O)[N+](C)(CCC(C(=O)O)C1CCNCC1)c1ccc(NC(=O)Nc2ccccc2C)cc1. The molecule has 2 aromatic rings. The number of anilines is 2. The van der Waals surface area contributed by atoms with Crippen LogP contribution in [0.5, 0.6) is 0 Å². The number of carboxylic acids is 1. The Morgan fingerprint density at radius 1 is 1.06 bits per heavy atom. The minimum absolute atomic E-state index is 0.00440. The molecule has 3 amide bonds. The Balaban J connectivity index is 1.67. The normalized spacial score (nSPS) is 16.8. The first-order chi connectivity index (χ1) is 16.2. The Morgan fingerprint density at radius 3 is 2.29 bits per heavy atom. The number of para-hydroxylation sites is 1. The van der Waals surface area contributed by atoms with Crippen LogP contribution in [0.2, 0.25) is 0 Å². The van der Waals surface area contributed by atoms with Crippen LogP contribution in [0.1, 0.15) is 31.7 Å². The second-order valence-corrected chi connectivity index (χ2v) is 9.20. The molecule has 34 heavy (non-hydrogen) atoms. The molecule has 1 heterocycles. The van der Waals surface area contributed by atoms with Gasteiger partial charge in [-0.1, -0.05) is 18.2 Å². The lowest BCUT2D eigenvalue weighted by Gasteiger charge is -2.33. The fourth-order valence-corrected chi connectivity index (χ4v) is 4.54. The third-order valence-electron chi connectivity index (χ3n) is 6.94. The van der Waals surface area contributed by atoms with E-state index in [0.29, 0.717) is 18.7 Å². The molecule has 4 N–H and O–H groups in total. The van der Waals surface area contributed by atoms with Gasteiger partial charge in [-0.05, 0) is 62.5 Å². The molecule has 2 unspecified atom stereocenters. The molecule has 0 saturated carbocycles. The highest BCUT2D eigenvalue weighted by molar-refractivity contribution is 6.00. The third kappa shape index (κ3) is 6.21. The number of hydrogen-bond donors (Lipinski definition) is 4. The van der Waals surface area contributed by atoms with Gasteiger partial charge in [0.2, 0.25) is 0 Å². The summed E-state index contributed by atoms with van der Waals surface area (Å²) in [6.07, 6.45) is 2.10. The molecule has 1 aliphatic rings. The van der Waals surface area contributed by atoms with Gasteiger partial charge in [0.25, 0.3) is 0 Å². The van der Waals surface area contributed by atoms with Crippen molar-refractivity contribution in [2.45, 2.75) is 33.1 Å². The Kier molecular flexibility index (Phi) is 8.41. The first-order valence-electron chi connectivity index (χ1n) is 11.7. The first-order valence-corrected chi connectivity index (χ1v) is 11.7. The van der Waals surface area contributed by atoms with Crippen molar-refractivity contribution in [2.24, 2.45) is 11.8 Å². The molecule has 2 aromatic carbocycles. The molecule has 0 aliphatic carbocycles. The Labute approximate surface area is 200 Å².